The molecule has 0 N–H and O–H groups in total. The van der Waals surface area contributed by atoms with E-state index in [2.05, 4.69) is 36.9 Å². The summed E-state index contributed by atoms with van der Waals surface area (Å²) in [5.41, 5.74) is 2.37. The predicted octanol–water partition coefficient (Wildman–Crippen LogP) is 2.92. The molecule has 0 aromatic carbocycles. The summed E-state index contributed by atoms with van der Waals surface area (Å²) in [7, 11) is 0. The van der Waals surface area contributed by atoms with Gasteiger partial charge >= 0.3 is 0 Å². The lowest BCUT2D eigenvalue weighted by Crippen LogP contribution is -2.14. The van der Waals surface area contributed by atoms with Crippen LogP contribution in [0.4, 0.5) is 0 Å². The fourth-order valence-corrected chi connectivity index (χ4v) is 2.10. The van der Waals surface area contributed by atoms with E-state index >= 15 is 0 Å². The number of nitrogens with zero attached hydrogens (tertiary/aromatic N) is 3. The maximum Gasteiger partial charge on any atom is 0.217 e. The van der Waals surface area contributed by atoms with Crippen molar-refractivity contribution >= 4 is 0 Å². The Morgan fingerprint density at radius 2 is 2.17 bits per heavy atom. The van der Waals surface area contributed by atoms with Crippen LogP contribution < -0.4 is 4.74 Å². The molecule has 94 valence electrons. The number of hydrogen-bond acceptors (Lipinski definition) is 3. The van der Waals surface area contributed by atoms with E-state index in [0.29, 0.717) is 0 Å². The van der Waals surface area contributed by atoms with Crippen molar-refractivity contribution in [3.05, 3.63) is 35.8 Å². The normalized spacial score (nSPS) is 14.4. The first kappa shape index (κ1) is 11.3. The zero-order valence-corrected chi connectivity index (χ0v) is 11.0. The summed E-state index contributed by atoms with van der Waals surface area (Å²) in [5, 5.41) is 4.24. The van der Waals surface area contributed by atoms with E-state index in [-0.39, 0.29) is 5.41 Å². The minimum absolute atomic E-state index is 0.0644. The van der Waals surface area contributed by atoms with Gasteiger partial charge in [-0.25, -0.2) is 4.68 Å². The maximum atomic E-state index is 5.85. The van der Waals surface area contributed by atoms with E-state index < -0.39 is 0 Å². The first-order valence-corrected chi connectivity index (χ1v) is 6.23. The highest BCUT2D eigenvalue weighted by Gasteiger charge is 2.20. The average molecular weight is 243 g/mol. The van der Waals surface area contributed by atoms with Gasteiger partial charge in [0.15, 0.2) is 5.75 Å². The monoisotopic (exact) mass is 243 g/mol. The summed E-state index contributed by atoms with van der Waals surface area (Å²) in [6.45, 7) is 7.36. The van der Waals surface area contributed by atoms with Crippen molar-refractivity contribution in [1.29, 1.82) is 0 Å². The highest BCUT2D eigenvalue weighted by molar-refractivity contribution is 5.38. The van der Waals surface area contributed by atoms with Crippen LogP contribution in [0.15, 0.2) is 24.5 Å². The van der Waals surface area contributed by atoms with Gasteiger partial charge in [-0.15, -0.1) is 0 Å². The molecule has 0 amide bonds. The van der Waals surface area contributed by atoms with E-state index in [1.807, 2.05) is 16.9 Å². The van der Waals surface area contributed by atoms with Crippen LogP contribution in [-0.4, -0.2) is 14.8 Å². The average Bonchev–Trinajstić information content (AvgIpc) is 2.67. The van der Waals surface area contributed by atoms with Gasteiger partial charge in [0.25, 0.3) is 0 Å². The smallest absolute Gasteiger partial charge is 0.217 e. The van der Waals surface area contributed by atoms with Crippen LogP contribution >= 0.6 is 0 Å². The number of rotatable bonds is 0. The zero-order chi connectivity index (χ0) is 12.8. The fourth-order valence-electron chi connectivity index (χ4n) is 2.10. The van der Waals surface area contributed by atoms with Crippen LogP contribution in [-0.2, 0) is 18.4 Å². The first-order chi connectivity index (χ1) is 8.54. The Balaban J connectivity index is 2.01. The molecule has 0 atom stereocenters. The molecular formula is C14H17N3O. The Hall–Kier alpha value is -1.84. The Bertz CT molecular complexity index is 581. The Labute approximate surface area is 107 Å². The summed E-state index contributed by atoms with van der Waals surface area (Å²) < 4.78 is 7.73. The second kappa shape index (κ2) is 3.83. The Kier molecular flexibility index (Phi) is 2.40. The second-order valence-corrected chi connectivity index (χ2v) is 5.67. The number of pyridine rings is 1. The van der Waals surface area contributed by atoms with E-state index in [4.69, 9.17) is 4.74 Å². The molecule has 4 nitrogen and oxygen atoms in total. The van der Waals surface area contributed by atoms with Gasteiger partial charge in [-0.2, -0.15) is 5.10 Å². The molecule has 0 aliphatic carbocycles. The molecule has 0 saturated heterocycles. The van der Waals surface area contributed by atoms with Crippen molar-refractivity contribution in [2.75, 3.05) is 0 Å². The van der Waals surface area contributed by atoms with Crippen LogP contribution in [0, 0.1) is 0 Å². The topological polar surface area (TPSA) is 39.9 Å². The largest absolute Gasteiger partial charge is 0.437 e. The lowest BCUT2D eigenvalue weighted by atomic mass is 9.90. The standard InChI is InChI=1S/C14H17N3O/c1-14(2,3)12-8-10-5-7-17-13(4-6-16-17)18-11(10)9-15-12/h4,6,8-9H,5,7H2,1-3H3. The molecular weight excluding hydrogens is 226 g/mol. The van der Waals surface area contributed by atoms with Gasteiger partial charge in [0.1, 0.15) is 0 Å². The van der Waals surface area contributed by atoms with Crippen molar-refractivity contribution in [3.63, 3.8) is 0 Å². The SMILES string of the molecule is CC(C)(C)c1cc2c(cn1)Oc1ccnn1CC2. The molecule has 2 aromatic heterocycles. The van der Waals surface area contributed by atoms with E-state index in [1.54, 1.807) is 6.20 Å². The van der Waals surface area contributed by atoms with Crippen LogP contribution in [0.1, 0.15) is 32.0 Å². The third-order valence-electron chi connectivity index (χ3n) is 3.20. The molecule has 1 aliphatic rings. The van der Waals surface area contributed by atoms with Crippen molar-refractivity contribution in [2.45, 2.75) is 39.2 Å². The summed E-state index contributed by atoms with van der Waals surface area (Å²) in [6, 6.07) is 4.04. The van der Waals surface area contributed by atoms with Crippen LogP contribution in [0.5, 0.6) is 11.6 Å². The molecule has 2 aromatic rings. The quantitative estimate of drug-likeness (QED) is 0.714. The van der Waals surface area contributed by atoms with Crippen molar-refractivity contribution < 1.29 is 4.74 Å². The van der Waals surface area contributed by atoms with Crippen molar-refractivity contribution in [2.24, 2.45) is 0 Å². The van der Waals surface area contributed by atoms with Gasteiger partial charge in [-0.3, -0.25) is 4.98 Å². The Morgan fingerprint density at radius 1 is 1.33 bits per heavy atom. The van der Waals surface area contributed by atoms with E-state index in [9.17, 15) is 0 Å². The molecule has 0 spiro atoms. The molecule has 0 radical (unpaired) electrons. The molecule has 0 saturated carbocycles. The van der Waals surface area contributed by atoms with Gasteiger partial charge in [0.2, 0.25) is 5.88 Å². The van der Waals surface area contributed by atoms with Gasteiger partial charge < -0.3 is 4.74 Å². The number of hydrogen-bond donors (Lipinski definition) is 0. The lowest BCUT2D eigenvalue weighted by Gasteiger charge is -2.19. The summed E-state index contributed by atoms with van der Waals surface area (Å²) in [4.78, 5) is 4.51. The number of aryl methyl sites for hydroxylation is 2. The minimum Gasteiger partial charge on any atom is -0.437 e. The number of aromatic nitrogens is 3. The third-order valence-corrected chi connectivity index (χ3v) is 3.20. The minimum atomic E-state index is 0.0644. The fraction of sp³-hybridized carbons (Fsp3) is 0.429. The van der Waals surface area contributed by atoms with Gasteiger partial charge in [0, 0.05) is 29.3 Å². The summed E-state index contributed by atoms with van der Waals surface area (Å²) >= 11 is 0. The van der Waals surface area contributed by atoms with Crippen LogP contribution in [0.25, 0.3) is 0 Å². The van der Waals surface area contributed by atoms with E-state index in [1.165, 1.54) is 5.56 Å². The molecule has 18 heavy (non-hydrogen) atoms. The molecule has 0 unspecified atom stereocenters. The molecule has 3 rings (SSSR count). The number of ether oxygens (including phenoxy) is 1. The van der Waals surface area contributed by atoms with Crippen molar-refractivity contribution in [1.82, 2.24) is 14.8 Å². The summed E-state index contributed by atoms with van der Waals surface area (Å²) in [6.07, 6.45) is 4.52. The zero-order valence-electron chi connectivity index (χ0n) is 11.0. The summed E-state index contributed by atoms with van der Waals surface area (Å²) in [5.74, 6) is 1.64. The third kappa shape index (κ3) is 1.88. The van der Waals surface area contributed by atoms with Crippen LogP contribution in [0.2, 0.25) is 0 Å². The molecule has 1 aliphatic heterocycles. The maximum absolute atomic E-state index is 5.85. The lowest BCUT2D eigenvalue weighted by molar-refractivity contribution is 0.426. The highest BCUT2D eigenvalue weighted by atomic mass is 16.5. The highest BCUT2D eigenvalue weighted by Crippen LogP contribution is 2.31. The number of fused-ring (bicyclic) bond motifs is 2. The van der Waals surface area contributed by atoms with Gasteiger partial charge in [-0.1, -0.05) is 20.8 Å². The van der Waals surface area contributed by atoms with Crippen LogP contribution in [0.3, 0.4) is 0 Å². The molecule has 0 bridgehead atoms. The molecule has 4 heteroatoms. The van der Waals surface area contributed by atoms with Gasteiger partial charge in [0.05, 0.1) is 12.4 Å². The second-order valence-electron chi connectivity index (χ2n) is 5.67. The van der Waals surface area contributed by atoms with Gasteiger partial charge in [-0.05, 0) is 12.5 Å². The first-order valence-electron chi connectivity index (χ1n) is 6.23. The Morgan fingerprint density at radius 3 is 2.94 bits per heavy atom. The van der Waals surface area contributed by atoms with Crippen molar-refractivity contribution in [3.8, 4) is 11.6 Å². The molecule has 3 heterocycles. The molecule has 0 fully saturated rings. The van der Waals surface area contributed by atoms with E-state index in [0.717, 1.165) is 30.3 Å². The predicted molar refractivity (Wildman–Crippen MR) is 68.9 cm³/mol.